The van der Waals surface area contributed by atoms with Crippen LogP contribution in [0, 0.1) is 18.8 Å². The first-order chi connectivity index (χ1) is 27.4. The molecule has 2 fully saturated rings. The van der Waals surface area contributed by atoms with E-state index in [-0.39, 0.29) is 23.7 Å². The van der Waals surface area contributed by atoms with Crippen LogP contribution < -0.4 is 21.3 Å². The van der Waals surface area contributed by atoms with Gasteiger partial charge in [-0.05, 0) is 99.4 Å². The number of aryl methyl sites for hydroxylation is 3. The van der Waals surface area contributed by atoms with Crippen LogP contribution in [0.2, 0.25) is 0 Å². The summed E-state index contributed by atoms with van der Waals surface area (Å²) in [6.07, 6.45) is 14.6. The minimum Gasteiger partial charge on any atom is -0.340 e. The van der Waals surface area contributed by atoms with Gasteiger partial charge in [0.05, 0.1) is 22.4 Å². The number of nitrogens with zero attached hydrogens (tertiary/aromatic N) is 2. The Kier molecular flexibility index (Phi) is 11.5. The smallest absolute Gasteiger partial charge is 0.227 e. The lowest BCUT2D eigenvalue weighted by Crippen LogP contribution is -2.24. The second kappa shape index (κ2) is 17.4. The van der Waals surface area contributed by atoms with Crippen molar-refractivity contribution in [3.05, 3.63) is 120 Å². The van der Waals surface area contributed by atoms with E-state index in [0.717, 1.165) is 114 Å². The zero-order chi connectivity index (χ0) is 38.3. The fourth-order valence-electron chi connectivity index (χ4n) is 8.47. The van der Waals surface area contributed by atoms with Crippen LogP contribution in [0.3, 0.4) is 0 Å². The van der Waals surface area contributed by atoms with Gasteiger partial charge in [0.2, 0.25) is 11.8 Å². The molecule has 56 heavy (non-hydrogen) atoms. The van der Waals surface area contributed by atoms with Crippen molar-refractivity contribution in [2.75, 3.05) is 21.3 Å². The lowest BCUT2D eigenvalue weighted by molar-refractivity contribution is -0.121. The molecule has 9 rings (SSSR count). The van der Waals surface area contributed by atoms with Crippen molar-refractivity contribution in [2.24, 2.45) is 11.8 Å². The second-order valence-electron chi connectivity index (χ2n) is 15.7. The molecule has 4 N–H and O–H groups in total. The van der Waals surface area contributed by atoms with E-state index in [9.17, 15) is 9.59 Å². The number of pyridine rings is 2. The van der Waals surface area contributed by atoms with Crippen molar-refractivity contribution in [1.29, 1.82) is 0 Å². The highest BCUT2D eigenvalue weighted by Gasteiger charge is 2.23. The van der Waals surface area contributed by atoms with Gasteiger partial charge in [-0.15, -0.1) is 0 Å². The van der Waals surface area contributed by atoms with Gasteiger partial charge in [-0.25, -0.2) is 9.97 Å². The number of anilines is 6. The first kappa shape index (κ1) is 37.2. The number of hydrogen-bond acceptors (Lipinski definition) is 6. The molecule has 2 saturated carbocycles. The van der Waals surface area contributed by atoms with Gasteiger partial charge in [0.1, 0.15) is 11.6 Å². The third-order valence-corrected chi connectivity index (χ3v) is 11.6. The Morgan fingerprint density at radius 2 is 1.00 bits per heavy atom. The van der Waals surface area contributed by atoms with Gasteiger partial charge in [-0.3, -0.25) is 9.59 Å². The molecule has 8 heteroatoms. The minimum atomic E-state index is 0.124. The number of carbonyl (C=O) groups excluding carboxylic acids is 2. The molecule has 286 valence electrons. The third-order valence-electron chi connectivity index (χ3n) is 11.6. The van der Waals surface area contributed by atoms with Crippen molar-refractivity contribution < 1.29 is 9.59 Å². The molecule has 0 saturated heterocycles. The first-order valence-electron chi connectivity index (χ1n) is 20.6. The normalized spacial score (nSPS) is 15.7. The molecule has 3 aliphatic carbocycles. The lowest BCUT2D eigenvalue weighted by Gasteiger charge is -2.21. The highest BCUT2D eigenvalue weighted by atomic mass is 16.2. The van der Waals surface area contributed by atoms with E-state index in [1.807, 2.05) is 72.8 Å². The Morgan fingerprint density at radius 1 is 0.518 bits per heavy atom. The maximum Gasteiger partial charge on any atom is 0.227 e. The summed E-state index contributed by atoms with van der Waals surface area (Å²) in [5.74, 6) is 2.02. The SMILES string of the molecule is Cc1ccc(Nc2cc(NC(=O)C3CCCCC3)c3ccccc3n2)cc1.O=C(Nc1cc(Nc2ccc3c(c2)CCC3)nc2ccccc12)C1CCCCC1. The van der Waals surface area contributed by atoms with Crippen molar-refractivity contribution >= 4 is 68.0 Å². The molecule has 2 heterocycles. The molecule has 3 aliphatic rings. The first-order valence-corrected chi connectivity index (χ1v) is 20.6. The molecule has 2 aromatic heterocycles. The van der Waals surface area contributed by atoms with Gasteiger partial charge < -0.3 is 21.3 Å². The maximum absolute atomic E-state index is 12.9. The molecule has 0 bridgehead atoms. The van der Waals surface area contributed by atoms with Crippen molar-refractivity contribution in [3.8, 4) is 0 Å². The predicted octanol–water partition coefficient (Wildman–Crippen LogP) is 11.8. The van der Waals surface area contributed by atoms with Gasteiger partial charge in [0, 0.05) is 46.1 Å². The largest absolute Gasteiger partial charge is 0.340 e. The summed E-state index contributed by atoms with van der Waals surface area (Å²) >= 11 is 0. The standard InChI is InChI=1S/C25H27N3O.C23H25N3O/c29-25(18-7-2-1-3-8-18)28-23-16-24(27-22-12-5-4-11-21(22)23)26-20-14-13-17-9-6-10-19(17)15-20;1-16-11-13-18(14-12-16)24-22-15-21(19-9-5-6-10-20(19)25-22)26-23(27)17-7-3-2-4-8-17/h4-5,11-16,18H,1-3,6-10H2,(H2,26,27,28,29);5-6,9-15,17H,2-4,7-8H2,1H3,(H2,24,25,26,27). The summed E-state index contributed by atoms with van der Waals surface area (Å²) in [5.41, 5.74) is 9.56. The van der Waals surface area contributed by atoms with Crippen LogP contribution in [0.5, 0.6) is 0 Å². The quantitative estimate of drug-likeness (QED) is 0.124. The molecule has 8 nitrogen and oxygen atoms in total. The van der Waals surface area contributed by atoms with Gasteiger partial charge in [0.15, 0.2) is 0 Å². The fourth-order valence-corrected chi connectivity index (χ4v) is 8.47. The summed E-state index contributed by atoms with van der Waals surface area (Å²) in [6, 6.07) is 34.6. The van der Waals surface area contributed by atoms with Crippen LogP contribution >= 0.6 is 0 Å². The molecule has 6 aromatic rings. The zero-order valence-corrected chi connectivity index (χ0v) is 32.4. The van der Waals surface area contributed by atoms with E-state index in [0.29, 0.717) is 0 Å². The summed E-state index contributed by atoms with van der Waals surface area (Å²) < 4.78 is 0. The second-order valence-corrected chi connectivity index (χ2v) is 15.7. The van der Waals surface area contributed by atoms with Crippen LogP contribution in [0.4, 0.5) is 34.4 Å². The highest BCUT2D eigenvalue weighted by Crippen LogP contribution is 2.33. The average Bonchev–Trinajstić information content (AvgIpc) is 3.71. The minimum absolute atomic E-state index is 0.124. The number of para-hydroxylation sites is 2. The zero-order valence-electron chi connectivity index (χ0n) is 32.4. The molecule has 4 aromatic carbocycles. The van der Waals surface area contributed by atoms with Gasteiger partial charge in [-0.1, -0.05) is 98.7 Å². The maximum atomic E-state index is 12.9. The molecular formula is C48H52N6O2. The number of nitrogens with one attached hydrogen (secondary N) is 4. The number of fused-ring (bicyclic) bond motifs is 3. The van der Waals surface area contributed by atoms with Crippen molar-refractivity contribution in [1.82, 2.24) is 9.97 Å². The summed E-state index contributed by atoms with van der Waals surface area (Å²) in [4.78, 5) is 35.1. The molecule has 0 radical (unpaired) electrons. The Bertz CT molecular complexity index is 2330. The molecule has 0 aliphatic heterocycles. The summed E-state index contributed by atoms with van der Waals surface area (Å²) in [5, 5.41) is 15.1. The Hall–Kier alpha value is -5.76. The fraction of sp³-hybridized carbons (Fsp3) is 0.333. The summed E-state index contributed by atoms with van der Waals surface area (Å²) in [7, 11) is 0. The van der Waals surface area contributed by atoms with E-state index in [1.54, 1.807) is 0 Å². The molecule has 0 unspecified atom stereocenters. The van der Waals surface area contributed by atoms with E-state index in [4.69, 9.17) is 9.97 Å². The number of amides is 2. The van der Waals surface area contributed by atoms with E-state index >= 15 is 0 Å². The number of aromatic nitrogens is 2. The predicted molar refractivity (Wildman–Crippen MR) is 230 cm³/mol. The van der Waals surface area contributed by atoms with Gasteiger partial charge >= 0.3 is 0 Å². The van der Waals surface area contributed by atoms with E-state index in [2.05, 4.69) is 58.5 Å². The van der Waals surface area contributed by atoms with Crippen LogP contribution in [-0.2, 0) is 22.4 Å². The number of carbonyl (C=O) groups is 2. The Morgan fingerprint density at radius 3 is 1.55 bits per heavy atom. The molecule has 2 amide bonds. The molecule has 0 spiro atoms. The van der Waals surface area contributed by atoms with E-state index in [1.165, 1.54) is 42.4 Å². The Labute approximate surface area is 329 Å². The highest BCUT2D eigenvalue weighted by molar-refractivity contribution is 6.04. The molecule has 0 atom stereocenters. The number of rotatable bonds is 8. The topological polar surface area (TPSA) is 108 Å². The van der Waals surface area contributed by atoms with Gasteiger partial charge in [-0.2, -0.15) is 0 Å². The van der Waals surface area contributed by atoms with Gasteiger partial charge in [0.25, 0.3) is 0 Å². The van der Waals surface area contributed by atoms with Crippen LogP contribution in [0.15, 0.2) is 103 Å². The molecular weight excluding hydrogens is 693 g/mol. The van der Waals surface area contributed by atoms with Crippen LogP contribution in [0.1, 0.15) is 87.3 Å². The number of benzene rings is 4. The monoisotopic (exact) mass is 744 g/mol. The van der Waals surface area contributed by atoms with E-state index < -0.39 is 0 Å². The Balaban J connectivity index is 0.000000158. The average molecular weight is 745 g/mol. The third kappa shape index (κ3) is 9.02. The summed E-state index contributed by atoms with van der Waals surface area (Å²) in [6.45, 7) is 2.07. The number of hydrogen-bond donors (Lipinski definition) is 4. The van der Waals surface area contributed by atoms with Crippen molar-refractivity contribution in [3.63, 3.8) is 0 Å². The van der Waals surface area contributed by atoms with Crippen LogP contribution in [0.25, 0.3) is 21.8 Å². The van der Waals surface area contributed by atoms with Crippen LogP contribution in [-0.4, -0.2) is 21.8 Å². The van der Waals surface area contributed by atoms with Crippen molar-refractivity contribution in [2.45, 2.75) is 90.4 Å². The lowest BCUT2D eigenvalue weighted by atomic mass is 9.88.